The minimum atomic E-state index is 0.549. The molecule has 18 heavy (non-hydrogen) atoms. The fourth-order valence-electron chi connectivity index (χ4n) is 3.52. The molecule has 3 aliphatic rings. The Balaban J connectivity index is 2.05. The second kappa shape index (κ2) is 3.58. The molecule has 0 heteroatoms. The summed E-state index contributed by atoms with van der Waals surface area (Å²) in [7, 11) is 0. The molecule has 0 saturated heterocycles. The molecule has 0 spiro atoms. The molecule has 0 heterocycles. The smallest absolute Gasteiger partial charge is 0.0199 e. The van der Waals surface area contributed by atoms with E-state index in [0.29, 0.717) is 11.8 Å². The summed E-state index contributed by atoms with van der Waals surface area (Å²) in [5, 5.41) is 0. The summed E-state index contributed by atoms with van der Waals surface area (Å²) >= 11 is 0. The van der Waals surface area contributed by atoms with Crippen molar-refractivity contribution in [3.05, 3.63) is 70.3 Å². The average Bonchev–Trinajstić information content (AvgIpc) is 2.44. The molecule has 1 aromatic rings. The molecule has 0 fully saturated rings. The van der Waals surface area contributed by atoms with Gasteiger partial charge < -0.3 is 0 Å². The van der Waals surface area contributed by atoms with Crippen molar-refractivity contribution in [1.29, 1.82) is 0 Å². The molecule has 0 radical (unpaired) electrons. The number of allylic oxidation sites excluding steroid dienone is 6. The highest BCUT2D eigenvalue weighted by molar-refractivity contribution is 5.76. The van der Waals surface area contributed by atoms with Crippen molar-refractivity contribution in [3.8, 4) is 0 Å². The Hall–Kier alpha value is -1.82. The van der Waals surface area contributed by atoms with Gasteiger partial charge >= 0.3 is 0 Å². The largest absolute Gasteiger partial charge is 0.0767 e. The summed E-state index contributed by atoms with van der Waals surface area (Å²) in [5.41, 5.74) is 7.39. The summed E-state index contributed by atoms with van der Waals surface area (Å²) in [4.78, 5) is 0. The van der Waals surface area contributed by atoms with Gasteiger partial charge in [0.25, 0.3) is 0 Å². The zero-order valence-corrected chi connectivity index (χ0v) is 10.6. The first kappa shape index (κ1) is 10.1. The van der Waals surface area contributed by atoms with E-state index in [4.69, 9.17) is 0 Å². The predicted molar refractivity (Wildman–Crippen MR) is 77.3 cm³/mol. The topological polar surface area (TPSA) is 0 Å². The van der Waals surface area contributed by atoms with Crippen LogP contribution in [0.3, 0.4) is 0 Å². The van der Waals surface area contributed by atoms with Crippen LogP contribution in [0.5, 0.6) is 0 Å². The Morgan fingerprint density at radius 2 is 2.00 bits per heavy atom. The van der Waals surface area contributed by atoms with Gasteiger partial charge in [-0.1, -0.05) is 61.6 Å². The van der Waals surface area contributed by atoms with E-state index in [1.165, 1.54) is 22.3 Å². The Morgan fingerprint density at radius 3 is 2.89 bits per heavy atom. The lowest BCUT2D eigenvalue weighted by Gasteiger charge is -2.35. The van der Waals surface area contributed by atoms with Crippen molar-refractivity contribution < 1.29 is 0 Å². The molecule has 0 bridgehead atoms. The van der Waals surface area contributed by atoms with E-state index in [0.717, 1.165) is 6.42 Å². The first-order chi connectivity index (χ1) is 8.88. The van der Waals surface area contributed by atoms with Crippen LogP contribution in [-0.2, 0) is 6.42 Å². The van der Waals surface area contributed by atoms with Crippen LogP contribution in [0.4, 0.5) is 0 Å². The molecule has 0 N–H and O–H groups in total. The lowest BCUT2D eigenvalue weighted by Crippen LogP contribution is -2.21. The monoisotopic (exact) mass is 232 g/mol. The highest BCUT2D eigenvalue weighted by Crippen LogP contribution is 2.47. The lowest BCUT2D eigenvalue weighted by atomic mass is 9.68. The van der Waals surface area contributed by atoms with Crippen molar-refractivity contribution >= 4 is 12.2 Å². The van der Waals surface area contributed by atoms with Crippen molar-refractivity contribution in [2.45, 2.75) is 19.3 Å². The second-order valence-corrected chi connectivity index (χ2v) is 5.29. The molecular formula is C18H16. The number of hydrogen-bond donors (Lipinski definition) is 0. The normalized spacial score (nSPS) is 25.9. The standard InChI is InChI=1S/C18H16/c1-2-12-6-7-15-9-8-13-4-3-5-14-10-11-16(12)18(15)17(13)14/h3-11,13,17H,2H2,1H3. The van der Waals surface area contributed by atoms with Crippen molar-refractivity contribution in [3.63, 3.8) is 0 Å². The molecule has 0 nitrogen and oxygen atoms in total. The van der Waals surface area contributed by atoms with Gasteiger partial charge in [0.1, 0.15) is 0 Å². The van der Waals surface area contributed by atoms with Crippen LogP contribution in [-0.4, -0.2) is 0 Å². The second-order valence-electron chi connectivity index (χ2n) is 5.29. The molecule has 4 rings (SSSR count). The molecule has 0 amide bonds. The van der Waals surface area contributed by atoms with Gasteiger partial charge in [0.05, 0.1) is 0 Å². The van der Waals surface area contributed by atoms with Crippen LogP contribution >= 0.6 is 0 Å². The maximum absolute atomic E-state index is 2.35. The van der Waals surface area contributed by atoms with E-state index in [1.54, 1.807) is 5.56 Å². The Morgan fingerprint density at radius 1 is 1.06 bits per heavy atom. The lowest BCUT2D eigenvalue weighted by molar-refractivity contribution is 0.663. The number of aryl methyl sites for hydroxylation is 1. The molecule has 0 aromatic heterocycles. The fourth-order valence-corrected chi connectivity index (χ4v) is 3.52. The minimum Gasteiger partial charge on any atom is -0.0767 e. The summed E-state index contributed by atoms with van der Waals surface area (Å²) in [6.07, 6.45) is 17.2. The van der Waals surface area contributed by atoms with E-state index in [-0.39, 0.29) is 0 Å². The molecule has 0 saturated carbocycles. The van der Waals surface area contributed by atoms with Gasteiger partial charge in [0.15, 0.2) is 0 Å². The quantitative estimate of drug-likeness (QED) is 0.669. The van der Waals surface area contributed by atoms with Gasteiger partial charge in [-0.25, -0.2) is 0 Å². The molecule has 2 unspecified atom stereocenters. The van der Waals surface area contributed by atoms with Gasteiger partial charge in [-0.2, -0.15) is 0 Å². The molecule has 88 valence electrons. The van der Waals surface area contributed by atoms with Gasteiger partial charge in [-0.15, -0.1) is 0 Å². The van der Waals surface area contributed by atoms with E-state index >= 15 is 0 Å². The third kappa shape index (κ3) is 1.21. The number of benzene rings is 1. The van der Waals surface area contributed by atoms with Crippen LogP contribution in [0.2, 0.25) is 0 Å². The number of hydrogen-bond acceptors (Lipinski definition) is 0. The molecule has 3 aliphatic carbocycles. The van der Waals surface area contributed by atoms with Crippen LogP contribution in [0.1, 0.15) is 35.1 Å². The maximum atomic E-state index is 2.35. The predicted octanol–water partition coefficient (Wildman–Crippen LogP) is 4.50. The fraction of sp³-hybridized carbons (Fsp3) is 0.222. The van der Waals surface area contributed by atoms with E-state index in [2.05, 4.69) is 61.6 Å². The van der Waals surface area contributed by atoms with Gasteiger partial charge in [-0.05, 0) is 34.2 Å². The average molecular weight is 232 g/mol. The first-order valence-corrected chi connectivity index (χ1v) is 6.79. The Labute approximate surface area is 108 Å². The molecular weight excluding hydrogens is 216 g/mol. The van der Waals surface area contributed by atoms with Gasteiger partial charge in [-0.3, -0.25) is 0 Å². The first-order valence-electron chi connectivity index (χ1n) is 6.79. The summed E-state index contributed by atoms with van der Waals surface area (Å²) in [6.45, 7) is 2.24. The van der Waals surface area contributed by atoms with Crippen LogP contribution in [0.25, 0.3) is 12.2 Å². The molecule has 1 aromatic carbocycles. The maximum Gasteiger partial charge on any atom is 0.0199 e. The zero-order chi connectivity index (χ0) is 12.1. The van der Waals surface area contributed by atoms with Crippen LogP contribution in [0.15, 0.2) is 48.1 Å². The zero-order valence-electron chi connectivity index (χ0n) is 10.6. The van der Waals surface area contributed by atoms with E-state index < -0.39 is 0 Å². The SMILES string of the molecule is CCc1ccc2c3c1C=CC1=CC=CC(C=C2)C13. The van der Waals surface area contributed by atoms with Crippen molar-refractivity contribution in [1.82, 2.24) is 0 Å². The van der Waals surface area contributed by atoms with Crippen molar-refractivity contribution in [2.24, 2.45) is 5.92 Å². The Kier molecular flexibility index (Phi) is 2.02. The number of rotatable bonds is 1. The molecule has 0 aliphatic heterocycles. The summed E-state index contributed by atoms with van der Waals surface area (Å²) in [6, 6.07) is 4.58. The van der Waals surface area contributed by atoms with Crippen LogP contribution in [0, 0.1) is 5.92 Å². The van der Waals surface area contributed by atoms with Gasteiger partial charge in [0, 0.05) is 11.8 Å². The molecule has 2 atom stereocenters. The highest BCUT2D eigenvalue weighted by Gasteiger charge is 2.32. The Bertz CT molecular complexity index is 638. The van der Waals surface area contributed by atoms with Gasteiger partial charge in [0.2, 0.25) is 0 Å². The third-order valence-corrected chi connectivity index (χ3v) is 4.41. The summed E-state index contributed by atoms with van der Waals surface area (Å²) < 4.78 is 0. The minimum absolute atomic E-state index is 0.549. The third-order valence-electron chi connectivity index (χ3n) is 4.41. The van der Waals surface area contributed by atoms with Crippen molar-refractivity contribution in [2.75, 3.05) is 0 Å². The van der Waals surface area contributed by atoms with E-state index in [9.17, 15) is 0 Å². The van der Waals surface area contributed by atoms with E-state index in [1.807, 2.05) is 0 Å². The summed E-state index contributed by atoms with van der Waals surface area (Å²) in [5.74, 6) is 1.11. The highest BCUT2D eigenvalue weighted by atomic mass is 14.4. The van der Waals surface area contributed by atoms with Crippen LogP contribution < -0.4 is 0 Å².